The molecule has 0 spiro atoms. The van der Waals surface area contributed by atoms with E-state index in [0.29, 0.717) is 15.1 Å². The van der Waals surface area contributed by atoms with Crippen molar-refractivity contribution in [2.75, 3.05) is 6.54 Å². The summed E-state index contributed by atoms with van der Waals surface area (Å²) in [6.45, 7) is 2.74. The average Bonchev–Trinajstić information content (AvgIpc) is 2.52. The third kappa shape index (κ3) is 4.29. The molecule has 0 fully saturated rings. The van der Waals surface area contributed by atoms with Crippen LogP contribution in [0.5, 0.6) is 0 Å². The minimum absolute atomic E-state index is 0.129. The molecule has 0 radical (unpaired) electrons. The number of amides is 1. The van der Waals surface area contributed by atoms with Gasteiger partial charge in [-0.15, -0.1) is 11.3 Å². The lowest BCUT2D eigenvalue weighted by Crippen LogP contribution is -2.21. The molecule has 0 saturated heterocycles. The molecule has 3 N–H and O–H groups in total. The van der Waals surface area contributed by atoms with E-state index in [1.807, 2.05) is 13.0 Å². The van der Waals surface area contributed by atoms with Crippen LogP contribution in [0, 0.1) is 0 Å². The molecule has 6 heteroatoms. The number of halogens is 2. The van der Waals surface area contributed by atoms with Crippen LogP contribution in [0.25, 0.3) is 0 Å². The molecular weight excluding hydrogens is 267 g/mol. The van der Waals surface area contributed by atoms with Gasteiger partial charge in [0, 0.05) is 12.5 Å². The predicted octanol–water partition coefficient (Wildman–Crippen LogP) is 2.97. The van der Waals surface area contributed by atoms with Crippen molar-refractivity contribution in [3.63, 3.8) is 0 Å². The van der Waals surface area contributed by atoms with Crippen molar-refractivity contribution >= 4 is 40.4 Å². The first-order chi connectivity index (χ1) is 7.50. The Morgan fingerprint density at radius 3 is 2.81 bits per heavy atom. The second kappa shape index (κ2) is 6.45. The summed E-state index contributed by atoms with van der Waals surface area (Å²) < 4.78 is 1.39. The molecule has 1 unspecified atom stereocenters. The molecule has 16 heavy (non-hydrogen) atoms. The lowest BCUT2D eigenvalue weighted by Gasteiger charge is -2.12. The van der Waals surface area contributed by atoms with E-state index in [-0.39, 0.29) is 11.9 Å². The lowest BCUT2D eigenvalue weighted by atomic mass is 10.2. The van der Waals surface area contributed by atoms with E-state index >= 15 is 0 Å². The molecule has 1 atom stereocenters. The molecule has 0 aliphatic carbocycles. The zero-order valence-corrected chi connectivity index (χ0v) is 11.3. The maximum absolute atomic E-state index is 10.5. The van der Waals surface area contributed by atoms with Gasteiger partial charge in [0.25, 0.3) is 0 Å². The van der Waals surface area contributed by atoms with Gasteiger partial charge in [-0.05, 0) is 31.5 Å². The molecule has 0 aliphatic heterocycles. The van der Waals surface area contributed by atoms with E-state index < -0.39 is 0 Å². The van der Waals surface area contributed by atoms with Gasteiger partial charge in [-0.1, -0.05) is 23.2 Å². The average molecular weight is 281 g/mol. The van der Waals surface area contributed by atoms with Crippen LogP contribution in [0.1, 0.15) is 31.4 Å². The Labute approximate surface area is 109 Å². The fraction of sp³-hybridized carbons (Fsp3) is 0.500. The van der Waals surface area contributed by atoms with Crippen molar-refractivity contribution in [1.29, 1.82) is 0 Å². The molecule has 90 valence electrons. The Morgan fingerprint density at radius 2 is 2.31 bits per heavy atom. The van der Waals surface area contributed by atoms with Gasteiger partial charge in [-0.2, -0.15) is 0 Å². The van der Waals surface area contributed by atoms with Gasteiger partial charge < -0.3 is 11.1 Å². The summed E-state index contributed by atoms with van der Waals surface area (Å²) in [5, 5.41) is 3.26. The summed E-state index contributed by atoms with van der Waals surface area (Å²) in [6, 6.07) is 1.99. The van der Waals surface area contributed by atoms with Crippen molar-refractivity contribution in [3.05, 3.63) is 20.3 Å². The van der Waals surface area contributed by atoms with Crippen LogP contribution < -0.4 is 11.1 Å². The fourth-order valence-corrected chi connectivity index (χ4v) is 2.99. The smallest absolute Gasteiger partial charge is 0.217 e. The summed E-state index contributed by atoms with van der Waals surface area (Å²) in [5.74, 6) is -0.272. The number of primary amides is 1. The van der Waals surface area contributed by atoms with Crippen LogP contribution in [0.3, 0.4) is 0 Å². The number of thiophene rings is 1. The zero-order valence-electron chi connectivity index (χ0n) is 8.93. The molecular formula is C10H14Cl2N2OS. The van der Waals surface area contributed by atoms with Gasteiger partial charge in [0.15, 0.2) is 0 Å². The normalized spacial score (nSPS) is 12.7. The highest BCUT2D eigenvalue weighted by atomic mass is 35.5. The second-order valence-electron chi connectivity index (χ2n) is 3.53. The Morgan fingerprint density at radius 1 is 1.62 bits per heavy atom. The SMILES string of the molecule is CC(NCCCC(N)=O)c1cc(Cl)sc1Cl. The quantitative estimate of drug-likeness (QED) is 0.788. The standard InChI is InChI=1S/C10H14Cl2N2OS/c1-6(14-4-2-3-9(13)15)7-5-8(11)16-10(7)12/h5-6,14H,2-4H2,1H3,(H2,13,15). The Bertz CT molecular complexity index is 368. The molecule has 0 aromatic carbocycles. The van der Waals surface area contributed by atoms with E-state index in [9.17, 15) is 4.79 Å². The molecule has 1 aromatic rings. The van der Waals surface area contributed by atoms with E-state index in [0.717, 1.165) is 18.5 Å². The monoisotopic (exact) mass is 280 g/mol. The van der Waals surface area contributed by atoms with Crippen molar-refractivity contribution in [2.24, 2.45) is 5.73 Å². The van der Waals surface area contributed by atoms with Gasteiger partial charge >= 0.3 is 0 Å². The molecule has 0 saturated carbocycles. The summed E-state index contributed by atoms with van der Waals surface area (Å²) in [5.41, 5.74) is 6.04. The minimum atomic E-state index is -0.272. The first-order valence-corrected chi connectivity index (χ1v) is 6.54. The highest BCUT2D eigenvalue weighted by molar-refractivity contribution is 7.20. The molecule has 0 bridgehead atoms. The number of carbonyl (C=O) groups excluding carboxylic acids is 1. The fourth-order valence-electron chi connectivity index (χ4n) is 1.34. The van der Waals surface area contributed by atoms with E-state index in [4.69, 9.17) is 28.9 Å². The maximum Gasteiger partial charge on any atom is 0.217 e. The summed E-state index contributed by atoms with van der Waals surface area (Å²) in [7, 11) is 0. The van der Waals surface area contributed by atoms with Crippen LogP contribution in [-0.4, -0.2) is 12.5 Å². The second-order valence-corrected chi connectivity index (χ2v) is 5.81. The first-order valence-electron chi connectivity index (χ1n) is 4.97. The summed E-state index contributed by atoms with van der Waals surface area (Å²) >= 11 is 13.2. The van der Waals surface area contributed by atoms with E-state index in [1.165, 1.54) is 11.3 Å². The number of carbonyl (C=O) groups is 1. The van der Waals surface area contributed by atoms with Crippen LogP contribution in [-0.2, 0) is 4.79 Å². The Hall–Kier alpha value is -0.290. The predicted molar refractivity (Wildman–Crippen MR) is 69.2 cm³/mol. The van der Waals surface area contributed by atoms with Crippen LogP contribution in [0.15, 0.2) is 6.07 Å². The molecule has 1 aromatic heterocycles. The highest BCUT2D eigenvalue weighted by Crippen LogP contribution is 2.34. The minimum Gasteiger partial charge on any atom is -0.370 e. The third-order valence-corrected chi connectivity index (χ3v) is 3.72. The van der Waals surface area contributed by atoms with E-state index in [1.54, 1.807) is 0 Å². The largest absolute Gasteiger partial charge is 0.370 e. The van der Waals surface area contributed by atoms with Gasteiger partial charge in [-0.25, -0.2) is 0 Å². The van der Waals surface area contributed by atoms with Crippen molar-refractivity contribution < 1.29 is 4.79 Å². The lowest BCUT2D eigenvalue weighted by molar-refractivity contribution is -0.118. The van der Waals surface area contributed by atoms with Crippen molar-refractivity contribution in [1.82, 2.24) is 5.32 Å². The van der Waals surface area contributed by atoms with Gasteiger partial charge in [0.1, 0.15) is 0 Å². The third-order valence-electron chi connectivity index (χ3n) is 2.20. The maximum atomic E-state index is 10.5. The summed E-state index contributed by atoms with van der Waals surface area (Å²) in [4.78, 5) is 10.5. The number of hydrogen-bond acceptors (Lipinski definition) is 3. The van der Waals surface area contributed by atoms with Crippen LogP contribution in [0.2, 0.25) is 8.67 Å². The Balaban J connectivity index is 2.38. The van der Waals surface area contributed by atoms with Crippen molar-refractivity contribution in [2.45, 2.75) is 25.8 Å². The van der Waals surface area contributed by atoms with Crippen LogP contribution in [0.4, 0.5) is 0 Å². The number of rotatable bonds is 6. The van der Waals surface area contributed by atoms with Gasteiger partial charge in [-0.3, -0.25) is 4.79 Å². The van der Waals surface area contributed by atoms with Crippen molar-refractivity contribution in [3.8, 4) is 0 Å². The molecule has 1 rings (SSSR count). The van der Waals surface area contributed by atoms with Crippen LogP contribution >= 0.6 is 34.5 Å². The van der Waals surface area contributed by atoms with E-state index in [2.05, 4.69) is 5.32 Å². The molecule has 1 amide bonds. The summed E-state index contributed by atoms with van der Waals surface area (Å²) in [6.07, 6.45) is 1.13. The molecule has 3 nitrogen and oxygen atoms in total. The van der Waals surface area contributed by atoms with Gasteiger partial charge in [0.05, 0.1) is 8.67 Å². The highest BCUT2D eigenvalue weighted by Gasteiger charge is 2.12. The van der Waals surface area contributed by atoms with Gasteiger partial charge in [0.2, 0.25) is 5.91 Å². The molecule has 1 heterocycles. The number of nitrogens with two attached hydrogens (primary N) is 1. The number of hydrogen-bond donors (Lipinski definition) is 2. The number of nitrogens with one attached hydrogen (secondary N) is 1. The Kier molecular flexibility index (Phi) is 5.55. The topological polar surface area (TPSA) is 55.1 Å². The molecule has 0 aliphatic rings. The zero-order chi connectivity index (χ0) is 12.1. The first kappa shape index (κ1) is 13.8.